The molecule has 1 N–H and O–H groups in total. The zero-order valence-corrected chi connectivity index (χ0v) is 15.7. The topological polar surface area (TPSA) is 88.3 Å². The summed E-state index contributed by atoms with van der Waals surface area (Å²) in [5.74, 6) is 0.767. The van der Waals surface area contributed by atoms with Gasteiger partial charge in [-0.05, 0) is 49.9 Å². The first-order valence-corrected chi connectivity index (χ1v) is 8.89. The van der Waals surface area contributed by atoms with Gasteiger partial charge in [0, 0.05) is 10.6 Å². The van der Waals surface area contributed by atoms with Crippen LogP contribution in [-0.2, 0) is 11.3 Å². The Bertz CT molecular complexity index is 818. The van der Waals surface area contributed by atoms with E-state index in [0.717, 1.165) is 11.3 Å². The van der Waals surface area contributed by atoms with Gasteiger partial charge in [-0.25, -0.2) is 4.79 Å². The fourth-order valence-corrected chi connectivity index (χ4v) is 2.93. The third-order valence-electron chi connectivity index (χ3n) is 4.43. The third-order valence-corrected chi connectivity index (χ3v) is 4.68. The highest BCUT2D eigenvalue weighted by atomic mass is 35.5. The molecule has 1 aliphatic heterocycles. The molecule has 8 heteroatoms. The third kappa shape index (κ3) is 3.72. The predicted octanol–water partition coefficient (Wildman–Crippen LogP) is 3.64. The van der Waals surface area contributed by atoms with Gasteiger partial charge in [-0.2, -0.15) is 4.98 Å². The summed E-state index contributed by atoms with van der Waals surface area (Å²) in [6, 6.07) is 6.53. The molecule has 26 heavy (non-hydrogen) atoms. The Morgan fingerprint density at radius 3 is 2.62 bits per heavy atom. The number of aromatic nitrogens is 2. The number of carbonyl (C=O) groups is 2. The van der Waals surface area contributed by atoms with E-state index in [9.17, 15) is 9.59 Å². The first-order valence-electron chi connectivity index (χ1n) is 8.51. The number of carbonyl (C=O) groups excluding carboxylic acids is 2. The van der Waals surface area contributed by atoms with Gasteiger partial charge in [0.2, 0.25) is 0 Å². The van der Waals surface area contributed by atoms with Gasteiger partial charge in [0.25, 0.3) is 11.8 Å². The summed E-state index contributed by atoms with van der Waals surface area (Å²) in [5, 5.41) is 7.27. The Morgan fingerprint density at radius 2 is 1.96 bits per heavy atom. The van der Waals surface area contributed by atoms with Crippen LogP contribution in [0.3, 0.4) is 0 Å². The number of rotatable bonds is 6. The number of hydrogen-bond acceptors (Lipinski definition) is 5. The van der Waals surface area contributed by atoms with E-state index in [1.54, 1.807) is 31.2 Å². The minimum absolute atomic E-state index is 0.0287. The van der Waals surface area contributed by atoms with E-state index in [4.69, 9.17) is 16.1 Å². The second-order valence-corrected chi connectivity index (χ2v) is 7.55. The van der Waals surface area contributed by atoms with Crippen LogP contribution in [-0.4, -0.2) is 32.5 Å². The predicted molar refractivity (Wildman–Crippen MR) is 96.3 cm³/mol. The molecule has 0 bridgehead atoms. The van der Waals surface area contributed by atoms with Crippen LogP contribution in [0, 0.1) is 5.92 Å². The maximum atomic E-state index is 12.7. The zero-order valence-electron chi connectivity index (χ0n) is 15.0. The van der Waals surface area contributed by atoms with Crippen molar-refractivity contribution < 1.29 is 14.1 Å². The molecule has 3 amide bonds. The first kappa shape index (κ1) is 18.4. The molecule has 1 aliphatic rings. The monoisotopic (exact) mass is 376 g/mol. The first-order chi connectivity index (χ1) is 12.3. The van der Waals surface area contributed by atoms with Crippen LogP contribution in [0.5, 0.6) is 0 Å². The van der Waals surface area contributed by atoms with Gasteiger partial charge in [-0.3, -0.25) is 9.69 Å². The van der Waals surface area contributed by atoms with Crippen molar-refractivity contribution in [3.05, 3.63) is 35.1 Å². The number of halogens is 1. The smallest absolute Gasteiger partial charge is 0.325 e. The van der Waals surface area contributed by atoms with E-state index in [2.05, 4.69) is 29.3 Å². The molecule has 7 nitrogen and oxygen atoms in total. The van der Waals surface area contributed by atoms with Gasteiger partial charge in [0.05, 0.1) is 6.54 Å². The van der Waals surface area contributed by atoms with E-state index in [-0.39, 0.29) is 18.3 Å². The van der Waals surface area contributed by atoms with E-state index in [1.807, 2.05) is 0 Å². The fourth-order valence-electron chi connectivity index (χ4n) is 2.81. The van der Waals surface area contributed by atoms with Gasteiger partial charge in [-0.15, -0.1) is 0 Å². The molecule has 1 aromatic heterocycles. The van der Waals surface area contributed by atoms with E-state index >= 15 is 0 Å². The summed E-state index contributed by atoms with van der Waals surface area (Å²) < 4.78 is 5.23. The Hall–Kier alpha value is -2.41. The molecule has 1 fully saturated rings. The molecular weight excluding hydrogens is 356 g/mol. The van der Waals surface area contributed by atoms with Gasteiger partial charge < -0.3 is 9.84 Å². The summed E-state index contributed by atoms with van der Waals surface area (Å²) >= 11 is 5.87. The normalized spacial score (nSPS) is 20.1. The van der Waals surface area contributed by atoms with Gasteiger partial charge in [0.15, 0.2) is 5.82 Å². The van der Waals surface area contributed by atoms with Crippen molar-refractivity contribution in [2.24, 2.45) is 5.92 Å². The Balaban J connectivity index is 1.72. The number of amides is 3. The number of nitrogens with one attached hydrogen (secondary N) is 1. The Kier molecular flexibility index (Phi) is 5.00. The maximum absolute atomic E-state index is 12.7. The molecule has 1 aromatic carbocycles. The van der Waals surface area contributed by atoms with Crippen LogP contribution >= 0.6 is 11.6 Å². The summed E-state index contributed by atoms with van der Waals surface area (Å²) in [5.41, 5.74) is -0.170. The van der Waals surface area contributed by atoms with E-state index in [1.165, 1.54) is 0 Å². The van der Waals surface area contributed by atoms with Crippen LogP contribution in [0.2, 0.25) is 5.02 Å². The SMILES string of the molecule is CC(C)CC[C@]1(C)NC(=O)N(Cc2noc(-c3ccc(Cl)cc3)n2)C1=O. The molecule has 138 valence electrons. The average Bonchev–Trinajstić information content (AvgIpc) is 3.13. The Labute approximate surface area is 156 Å². The molecular formula is C18H21ClN4O3. The van der Waals surface area contributed by atoms with Crippen LogP contribution in [0.1, 0.15) is 39.4 Å². The number of benzene rings is 1. The summed E-state index contributed by atoms with van der Waals surface area (Å²) in [6.07, 6.45) is 1.44. The van der Waals surface area contributed by atoms with E-state index in [0.29, 0.717) is 28.8 Å². The lowest BCUT2D eigenvalue weighted by Crippen LogP contribution is -2.44. The second-order valence-electron chi connectivity index (χ2n) is 7.11. The summed E-state index contributed by atoms with van der Waals surface area (Å²) in [7, 11) is 0. The highest BCUT2D eigenvalue weighted by molar-refractivity contribution is 6.30. The lowest BCUT2D eigenvalue weighted by atomic mass is 9.92. The molecule has 2 heterocycles. The minimum Gasteiger partial charge on any atom is -0.334 e. The van der Waals surface area contributed by atoms with Gasteiger partial charge >= 0.3 is 6.03 Å². The lowest BCUT2D eigenvalue weighted by molar-refractivity contribution is -0.131. The van der Waals surface area contributed by atoms with Crippen molar-refractivity contribution in [1.29, 1.82) is 0 Å². The van der Waals surface area contributed by atoms with Crippen LogP contribution in [0.4, 0.5) is 4.79 Å². The summed E-state index contributed by atoms with van der Waals surface area (Å²) in [6.45, 7) is 5.89. The van der Waals surface area contributed by atoms with E-state index < -0.39 is 11.6 Å². The maximum Gasteiger partial charge on any atom is 0.325 e. The van der Waals surface area contributed by atoms with Crippen molar-refractivity contribution in [1.82, 2.24) is 20.4 Å². The molecule has 2 aromatic rings. The molecule has 0 unspecified atom stereocenters. The van der Waals surface area contributed by atoms with Crippen molar-refractivity contribution in [2.45, 2.75) is 45.7 Å². The van der Waals surface area contributed by atoms with Crippen molar-refractivity contribution in [3.8, 4) is 11.5 Å². The largest absolute Gasteiger partial charge is 0.334 e. The zero-order chi connectivity index (χ0) is 18.9. The number of imide groups is 1. The highest BCUT2D eigenvalue weighted by Crippen LogP contribution is 2.26. The summed E-state index contributed by atoms with van der Waals surface area (Å²) in [4.78, 5) is 30.4. The van der Waals surface area contributed by atoms with Crippen LogP contribution < -0.4 is 5.32 Å². The molecule has 0 saturated carbocycles. The van der Waals surface area contributed by atoms with Crippen molar-refractivity contribution in [2.75, 3.05) is 0 Å². The fraction of sp³-hybridized carbons (Fsp3) is 0.444. The lowest BCUT2D eigenvalue weighted by Gasteiger charge is -2.22. The Morgan fingerprint density at radius 1 is 1.27 bits per heavy atom. The van der Waals surface area contributed by atoms with Gasteiger partial charge in [0.1, 0.15) is 5.54 Å². The number of hydrogen-bond donors (Lipinski definition) is 1. The van der Waals surface area contributed by atoms with Crippen LogP contribution in [0.15, 0.2) is 28.8 Å². The molecule has 1 saturated heterocycles. The van der Waals surface area contributed by atoms with Crippen molar-refractivity contribution in [3.63, 3.8) is 0 Å². The molecule has 0 spiro atoms. The molecule has 3 rings (SSSR count). The van der Waals surface area contributed by atoms with Crippen LogP contribution in [0.25, 0.3) is 11.5 Å². The molecule has 0 radical (unpaired) electrons. The number of nitrogens with zero attached hydrogens (tertiary/aromatic N) is 3. The van der Waals surface area contributed by atoms with Crippen molar-refractivity contribution >= 4 is 23.5 Å². The minimum atomic E-state index is -0.885. The quantitative estimate of drug-likeness (QED) is 0.777. The molecule has 1 atom stereocenters. The molecule has 0 aliphatic carbocycles. The number of urea groups is 1. The standard InChI is InChI=1S/C18H21ClN4O3/c1-11(2)8-9-18(3)16(24)23(17(25)21-18)10-14-20-15(26-22-14)12-4-6-13(19)7-5-12/h4-7,11H,8-10H2,1-3H3,(H,21,25)/t18-/m0/s1. The highest BCUT2D eigenvalue weighted by Gasteiger charge is 2.47. The second kappa shape index (κ2) is 7.07. The average molecular weight is 377 g/mol. The van der Waals surface area contributed by atoms with Gasteiger partial charge in [-0.1, -0.05) is 30.6 Å².